The monoisotopic (exact) mass is 412 g/mol. The van der Waals surface area contributed by atoms with E-state index >= 15 is 0 Å². The highest BCUT2D eigenvalue weighted by atomic mass is 32.2. The Morgan fingerprint density at radius 1 is 0.933 bits per heavy atom. The Labute approximate surface area is 178 Å². The number of aryl methyl sites for hydroxylation is 2. The Bertz CT molecular complexity index is 1430. The topological polar surface area (TPSA) is 52.2 Å². The van der Waals surface area contributed by atoms with Gasteiger partial charge in [0.1, 0.15) is 5.65 Å². The van der Waals surface area contributed by atoms with Crippen molar-refractivity contribution in [2.75, 3.05) is 0 Å². The van der Waals surface area contributed by atoms with Crippen molar-refractivity contribution >= 4 is 28.4 Å². The SMILES string of the molecule is Cc1ccc(-n2c(SCc3cc(=O)n4cccc(C)c4n3)nc3ccccc32)cc1. The first-order valence-corrected chi connectivity index (χ1v) is 10.7. The third kappa shape index (κ3) is 3.29. The van der Waals surface area contributed by atoms with Crippen LogP contribution in [0.5, 0.6) is 0 Å². The molecule has 0 N–H and O–H groups in total. The van der Waals surface area contributed by atoms with Gasteiger partial charge in [0.2, 0.25) is 0 Å². The molecule has 0 aliphatic carbocycles. The summed E-state index contributed by atoms with van der Waals surface area (Å²) in [7, 11) is 0. The standard InChI is InChI=1S/C24H20N4OS/c1-16-9-11-19(12-10-16)28-21-8-4-3-7-20(21)26-24(28)30-15-18-14-22(29)27-13-5-6-17(2)23(27)25-18/h3-14H,15H2,1-2H3. The summed E-state index contributed by atoms with van der Waals surface area (Å²) in [5.74, 6) is 0.565. The molecule has 0 saturated carbocycles. The minimum atomic E-state index is -0.0636. The van der Waals surface area contributed by atoms with Gasteiger partial charge in [0.05, 0.1) is 16.7 Å². The van der Waals surface area contributed by atoms with Gasteiger partial charge in [-0.05, 0) is 49.7 Å². The van der Waals surface area contributed by atoms with E-state index in [0.29, 0.717) is 11.4 Å². The highest BCUT2D eigenvalue weighted by Gasteiger charge is 2.14. The molecule has 0 aliphatic heterocycles. The molecule has 0 unspecified atom stereocenters. The number of pyridine rings is 1. The van der Waals surface area contributed by atoms with Gasteiger partial charge in [0.15, 0.2) is 5.16 Å². The van der Waals surface area contributed by atoms with Gasteiger partial charge in [-0.25, -0.2) is 9.97 Å². The second kappa shape index (κ2) is 7.46. The van der Waals surface area contributed by atoms with E-state index < -0.39 is 0 Å². The summed E-state index contributed by atoms with van der Waals surface area (Å²) in [6.07, 6.45) is 1.76. The Morgan fingerprint density at radius 2 is 1.73 bits per heavy atom. The van der Waals surface area contributed by atoms with Crippen LogP contribution < -0.4 is 5.56 Å². The van der Waals surface area contributed by atoms with Gasteiger partial charge >= 0.3 is 0 Å². The van der Waals surface area contributed by atoms with E-state index in [1.54, 1.807) is 28.4 Å². The van der Waals surface area contributed by atoms with Crippen LogP contribution in [0.1, 0.15) is 16.8 Å². The summed E-state index contributed by atoms with van der Waals surface area (Å²) in [6.45, 7) is 4.05. The summed E-state index contributed by atoms with van der Waals surface area (Å²) in [4.78, 5) is 22.1. The van der Waals surface area contributed by atoms with E-state index in [4.69, 9.17) is 9.97 Å². The average Bonchev–Trinajstić information content (AvgIpc) is 3.12. The maximum atomic E-state index is 12.5. The Kier molecular flexibility index (Phi) is 4.64. The van der Waals surface area contributed by atoms with E-state index in [2.05, 4.69) is 41.8 Å². The predicted molar refractivity (Wildman–Crippen MR) is 122 cm³/mol. The van der Waals surface area contributed by atoms with E-state index in [1.165, 1.54) is 5.56 Å². The molecular weight excluding hydrogens is 392 g/mol. The van der Waals surface area contributed by atoms with Gasteiger partial charge in [-0.15, -0.1) is 0 Å². The summed E-state index contributed by atoms with van der Waals surface area (Å²) < 4.78 is 3.75. The Morgan fingerprint density at radius 3 is 2.57 bits per heavy atom. The molecule has 2 aromatic carbocycles. The maximum absolute atomic E-state index is 12.5. The lowest BCUT2D eigenvalue weighted by atomic mass is 10.2. The number of thioether (sulfide) groups is 1. The fourth-order valence-corrected chi connectivity index (χ4v) is 4.49. The van der Waals surface area contributed by atoms with Crippen LogP contribution in [0.3, 0.4) is 0 Å². The van der Waals surface area contributed by atoms with Crippen molar-refractivity contribution in [2.45, 2.75) is 24.8 Å². The van der Waals surface area contributed by atoms with Crippen LogP contribution in [0.4, 0.5) is 0 Å². The maximum Gasteiger partial charge on any atom is 0.258 e. The summed E-state index contributed by atoms with van der Waals surface area (Å²) in [5, 5.41) is 0.881. The number of aromatic nitrogens is 4. The molecule has 5 aromatic rings. The van der Waals surface area contributed by atoms with Crippen LogP contribution in [0.15, 0.2) is 82.9 Å². The van der Waals surface area contributed by atoms with Crippen molar-refractivity contribution in [1.29, 1.82) is 0 Å². The van der Waals surface area contributed by atoms with Crippen LogP contribution in [0.2, 0.25) is 0 Å². The molecule has 0 spiro atoms. The lowest BCUT2D eigenvalue weighted by Crippen LogP contribution is -2.15. The lowest BCUT2D eigenvalue weighted by Gasteiger charge is -2.10. The largest absolute Gasteiger partial charge is 0.287 e. The van der Waals surface area contributed by atoms with E-state index in [-0.39, 0.29) is 5.56 Å². The minimum absolute atomic E-state index is 0.0636. The number of para-hydroxylation sites is 2. The van der Waals surface area contributed by atoms with Gasteiger partial charge in [0, 0.05) is 23.7 Å². The molecule has 5 nitrogen and oxygen atoms in total. The molecule has 0 atom stereocenters. The van der Waals surface area contributed by atoms with Gasteiger partial charge in [-0.3, -0.25) is 13.8 Å². The van der Waals surface area contributed by atoms with Crippen molar-refractivity contribution in [3.05, 3.63) is 100 Å². The van der Waals surface area contributed by atoms with Gasteiger partial charge in [0.25, 0.3) is 5.56 Å². The fourth-order valence-electron chi connectivity index (χ4n) is 3.57. The Hall–Kier alpha value is -3.38. The number of nitrogens with zero attached hydrogens (tertiary/aromatic N) is 4. The zero-order chi connectivity index (χ0) is 20.7. The van der Waals surface area contributed by atoms with Crippen LogP contribution in [0.25, 0.3) is 22.4 Å². The van der Waals surface area contributed by atoms with Crippen molar-refractivity contribution in [3.63, 3.8) is 0 Å². The molecule has 5 rings (SSSR count). The van der Waals surface area contributed by atoms with E-state index in [9.17, 15) is 4.79 Å². The van der Waals surface area contributed by atoms with Gasteiger partial charge in [-0.2, -0.15) is 0 Å². The normalized spacial score (nSPS) is 11.4. The number of imidazole rings is 1. The first kappa shape index (κ1) is 18.6. The molecule has 3 heterocycles. The second-order valence-corrected chi connectivity index (χ2v) is 8.26. The quantitative estimate of drug-likeness (QED) is 0.392. The first-order valence-electron chi connectivity index (χ1n) is 9.75. The first-order chi connectivity index (χ1) is 14.6. The summed E-state index contributed by atoms with van der Waals surface area (Å²) >= 11 is 1.59. The smallest absolute Gasteiger partial charge is 0.258 e. The summed E-state index contributed by atoms with van der Waals surface area (Å²) in [6, 6.07) is 22.0. The number of hydrogen-bond donors (Lipinski definition) is 0. The minimum Gasteiger partial charge on any atom is -0.287 e. The zero-order valence-electron chi connectivity index (χ0n) is 16.7. The highest BCUT2D eigenvalue weighted by molar-refractivity contribution is 7.98. The molecule has 0 saturated heterocycles. The molecule has 0 aliphatic rings. The van der Waals surface area contributed by atoms with Crippen LogP contribution in [-0.2, 0) is 5.75 Å². The molecule has 3 aromatic heterocycles. The zero-order valence-corrected chi connectivity index (χ0v) is 17.6. The molecule has 0 amide bonds. The van der Waals surface area contributed by atoms with Gasteiger partial charge in [-0.1, -0.05) is 47.7 Å². The third-order valence-electron chi connectivity index (χ3n) is 5.11. The van der Waals surface area contributed by atoms with E-state index in [1.807, 2.05) is 37.3 Å². The van der Waals surface area contributed by atoms with Crippen LogP contribution in [-0.4, -0.2) is 18.9 Å². The molecule has 0 radical (unpaired) electrons. The number of hydrogen-bond acceptors (Lipinski definition) is 4. The molecule has 30 heavy (non-hydrogen) atoms. The second-order valence-electron chi connectivity index (χ2n) is 7.31. The summed E-state index contributed by atoms with van der Waals surface area (Å²) in [5.41, 5.74) is 6.66. The number of benzene rings is 2. The average molecular weight is 413 g/mol. The van der Waals surface area contributed by atoms with E-state index in [0.717, 1.165) is 33.1 Å². The third-order valence-corrected chi connectivity index (χ3v) is 6.08. The van der Waals surface area contributed by atoms with Crippen LogP contribution >= 0.6 is 11.8 Å². The van der Waals surface area contributed by atoms with Crippen molar-refractivity contribution < 1.29 is 0 Å². The number of fused-ring (bicyclic) bond motifs is 2. The lowest BCUT2D eigenvalue weighted by molar-refractivity contribution is 0.916. The molecular formula is C24H20N4OS. The molecule has 0 bridgehead atoms. The number of rotatable bonds is 4. The molecule has 148 valence electrons. The Balaban J connectivity index is 1.56. The van der Waals surface area contributed by atoms with Crippen molar-refractivity contribution in [3.8, 4) is 5.69 Å². The van der Waals surface area contributed by atoms with Crippen molar-refractivity contribution in [1.82, 2.24) is 18.9 Å². The van der Waals surface area contributed by atoms with Crippen LogP contribution in [0, 0.1) is 13.8 Å². The molecule has 0 fully saturated rings. The predicted octanol–water partition coefficient (Wildman–Crippen LogP) is 4.94. The highest BCUT2D eigenvalue weighted by Crippen LogP contribution is 2.29. The van der Waals surface area contributed by atoms with Crippen molar-refractivity contribution in [2.24, 2.45) is 0 Å². The molecule has 6 heteroatoms. The fraction of sp³-hybridized carbons (Fsp3) is 0.125. The van der Waals surface area contributed by atoms with Gasteiger partial charge < -0.3 is 0 Å².